The number of carbonyl (C=O) groups excluding carboxylic acids is 2. The Bertz CT molecular complexity index is 393. The van der Waals surface area contributed by atoms with Crippen molar-refractivity contribution in [3.05, 3.63) is 23.8 Å². The smallest absolute Gasteiger partial charge is 0.291 e. The number of hydrogen-bond acceptors (Lipinski definition) is 4. The minimum absolute atomic E-state index is 0.233. The van der Waals surface area contributed by atoms with Crippen LogP contribution in [0, 0.1) is 0 Å². The molecule has 1 amide bonds. The summed E-state index contributed by atoms with van der Waals surface area (Å²) in [7, 11) is 0. The Labute approximate surface area is 73.0 Å². The molecule has 0 saturated heterocycles. The third kappa shape index (κ3) is 1.72. The van der Waals surface area contributed by atoms with Gasteiger partial charge in [-0.3, -0.25) is 4.79 Å². The van der Waals surface area contributed by atoms with Crippen LogP contribution in [-0.4, -0.2) is 22.2 Å². The summed E-state index contributed by atoms with van der Waals surface area (Å²) in [5.74, 6) is -1.97. The Hall–Kier alpha value is -2.13. The molecule has 0 aliphatic heterocycles. The molecule has 1 rings (SSSR count). The highest BCUT2D eigenvalue weighted by molar-refractivity contribution is 6.00. The van der Waals surface area contributed by atoms with Crippen LogP contribution < -0.4 is 0 Å². The fraction of sp³-hybridized carbons (Fsp3) is 0. The molecule has 0 saturated carbocycles. The summed E-state index contributed by atoms with van der Waals surface area (Å²) in [4.78, 5) is 23.4. The SMILES string of the molecule is O=C=NC(=O)c1cccc(O)c1O. The molecular weight excluding hydrogens is 174 g/mol. The van der Waals surface area contributed by atoms with Crippen LogP contribution in [-0.2, 0) is 4.79 Å². The number of para-hydroxylation sites is 1. The zero-order valence-electron chi connectivity index (χ0n) is 6.39. The van der Waals surface area contributed by atoms with E-state index in [0.29, 0.717) is 0 Å². The molecule has 0 fully saturated rings. The number of benzene rings is 1. The van der Waals surface area contributed by atoms with Crippen molar-refractivity contribution in [2.24, 2.45) is 4.99 Å². The van der Waals surface area contributed by atoms with E-state index in [4.69, 9.17) is 10.2 Å². The van der Waals surface area contributed by atoms with Gasteiger partial charge in [0.25, 0.3) is 5.91 Å². The fourth-order valence-electron chi connectivity index (χ4n) is 0.806. The van der Waals surface area contributed by atoms with Gasteiger partial charge in [0.05, 0.1) is 5.56 Å². The lowest BCUT2D eigenvalue weighted by Crippen LogP contribution is -1.94. The van der Waals surface area contributed by atoms with Gasteiger partial charge in [0.2, 0.25) is 6.08 Å². The second kappa shape index (κ2) is 3.51. The predicted molar refractivity (Wildman–Crippen MR) is 42.2 cm³/mol. The average Bonchev–Trinajstić information content (AvgIpc) is 2.10. The first-order valence-electron chi connectivity index (χ1n) is 3.30. The number of nitrogens with zero attached hydrogens (tertiary/aromatic N) is 1. The number of aliphatic imine (C=N–C) groups is 1. The number of rotatable bonds is 1. The molecule has 5 nitrogen and oxygen atoms in total. The van der Waals surface area contributed by atoms with Crippen molar-refractivity contribution in [2.45, 2.75) is 0 Å². The Morgan fingerprint density at radius 2 is 2.08 bits per heavy atom. The molecule has 0 unspecified atom stereocenters. The molecule has 0 heterocycles. The molecular formula is C8H5NO4. The quantitative estimate of drug-likeness (QED) is 0.375. The van der Waals surface area contributed by atoms with Gasteiger partial charge < -0.3 is 10.2 Å². The van der Waals surface area contributed by atoms with Crippen molar-refractivity contribution in [1.82, 2.24) is 0 Å². The lowest BCUT2D eigenvalue weighted by Gasteiger charge is -1.99. The molecule has 5 heteroatoms. The highest BCUT2D eigenvalue weighted by Crippen LogP contribution is 2.28. The summed E-state index contributed by atoms with van der Waals surface area (Å²) in [5.41, 5.74) is -0.233. The van der Waals surface area contributed by atoms with E-state index in [1.807, 2.05) is 0 Å². The molecule has 2 N–H and O–H groups in total. The molecule has 0 spiro atoms. The molecule has 13 heavy (non-hydrogen) atoms. The maximum Gasteiger partial charge on any atom is 0.291 e. The first-order valence-corrected chi connectivity index (χ1v) is 3.30. The zero-order chi connectivity index (χ0) is 9.84. The molecule has 0 radical (unpaired) electrons. The zero-order valence-corrected chi connectivity index (χ0v) is 6.39. The number of aromatic hydroxyl groups is 2. The molecule has 0 aromatic heterocycles. The Morgan fingerprint density at radius 3 is 2.69 bits per heavy atom. The summed E-state index contributed by atoms with van der Waals surface area (Å²) in [6.07, 6.45) is 1.05. The van der Waals surface area contributed by atoms with Gasteiger partial charge in [-0.05, 0) is 12.1 Å². The number of amides is 1. The van der Waals surface area contributed by atoms with Crippen molar-refractivity contribution in [1.29, 1.82) is 0 Å². The van der Waals surface area contributed by atoms with Crippen LogP contribution in [0.25, 0.3) is 0 Å². The number of isocyanates is 1. The van der Waals surface area contributed by atoms with E-state index in [1.54, 1.807) is 0 Å². The van der Waals surface area contributed by atoms with E-state index in [-0.39, 0.29) is 5.56 Å². The van der Waals surface area contributed by atoms with Gasteiger partial charge in [-0.2, -0.15) is 0 Å². The minimum Gasteiger partial charge on any atom is -0.504 e. The van der Waals surface area contributed by atoms with Crippen LogP contribution >= 0.6 is 0 Å². The third-order valence-corrected chi connectivity index (χ3v) is 1.39. The topological polar surface area (TPSA) is 87.0 Å². The lowest BCUT2D eigenvalue weighted by molar-refractivity contribution is 0.0999. The number of phenols is 2. The van der Waals surface area contributed by atoms with E-state index >= 15 is 0 Å². The van der Waals surface area contributed by atoms with Gasteiger partial charge in [0.15, 0.2) is 11.5 Å². The van der Waals surface area contributed by atoms with Crippen LogP contribution in [0.5, 0.6) is 11.5 Å². The van der Waals surface area contributed by atoms with Crippen molar-refractivity contribution >= 4 is 12.0 Å². The predicted octanol–water partition coefficient (Wildman–Crippen LogP) is 0.574. The van der Waals surface area contributed by atoms with Gasteiger partial charge in [0, 0.05) is 0 Å². The summed E-state index contributed by atoms with van der Waals surface area (Å²) in [6.45, 7) is 0. The molecule has 0 aliphatic carbocycles. The van der Waals surface area contributed by atoms with Crippen LogP contribution in [0.2, 0.25) is 0 Å². The standard InChI is InChI=1S/C8H5NO4/c10-4-9-8(13)5-2-1-3-6(11)7(5)12/h1-3,11-12H. The van der Waals surface area contributed by atoms with Gasteiger partial charge >= 0.3 is 0 Å². The van der Waals surface area contributed by atoms with Crippen LogP contribution in [0.1, 0.15) is 10.4 Å². The average molecular weight is 179 g/mol. The molecule has 1 aromatic rings. The first kappa shape index (κ1) is 8.96. The number of carbonyl (C=O) groups is 1. The van der Waals surface area contributed by atoms with Gasteiger partial charge in [0.1, 0.15) is 0 Å². The Balaban J connectivity index is 3.22. The first-order chi connectivity index (χ1) is 6.16. The number of phenolic OH excluding ortho intramolecular Hbond substituents is 2. The molecule has 0 aliphatic rings. The minimum atomic E-state index is -0.941. The molecule has 0 bridgehead atoms. The highest BCUT2D eigenvalue weighted by atomic mass is 16.3. The lowest BCUT2D eigenvalue weighted by atomic mass is 10.2. The molecule has 66 valence electrons. The van der Waals surface area contributed by atoms with Crippen molar-refractivity contribution in [3.8, 4) is 11.5 Å². The summed E-state index contributed by atoms with van der Waals surface area (Å²) in [5, 5.41) is 18.1. The summed E-state index contributed by atoms with van der Waals surface area (Å²) in [6, 6.07) is 3.79. The molecule has 1 aromatic carbocycles. The van der Waals surface area contributed by atoms with Crippen molar-refractivity contribution < 1.29 is 19.8 Å². The van der Waals surface area contributed by atoms with Crippen LogP contribution in [0.4, 0.5) is 0 Å². The van der Waals surface area contributed by atoms with Crippen molar-refractivity contribution in [2.75, 3.05) is 0 Å². The van der Waals surface area contributed by atoms with E-state index < -0.39 is 17.4 Å². The maximum atomic E-state index is 10.9. The summed E-state index contributed by atoms with van der Waals surface area (Å²) >= 11 is 0. The second-order valence-electron chi connectivity index (χ2n) is 2.18. The van der Waals surface area contributed by atoms with E-state index in [1.165, 1.54) is 18.2 Å². The third-order valence-electron chi connectivity index (χ3n) is 1.39. The van der Waals surface area contributed by atoms with E-state index in [0.717, 1.165) is 6.08 Å². The number of hydrogen-bond donors (Lipinski definition) is 2. The van der Waals surface area contributed by atoms with Gasteiger partial charge in [-0.25, -0.2) is 4.79 Å². The largest absolute Gasteiger partial charge is 0.504 e. The van der Waals surface area contributed by atoms with Gasteiger partial charge in [-0.15, -0.1) is 4.99 Å². The van der Waals surface area contributed by atoms with Crippen LogP contribution in [0.15, 0.2) is 23.2 Å². The molecule has 0 atom stereocenters. The van der Waals surface area contributed by atoms with Crippen LogP contribution in [0.3, 0.4) is 0 Å². The normalized spacial score (nSPS) is 8.92. The van der Waals surface area contributed by atoms with E-state index in [9.17, 15) is 9.59 Å². The highest BCUT2D eigenvalue weighted by Gasteiger charge is 2.12. The summed E-state index contributed by atoms with van der Waals surface area (Å²) < 4.78 is 0. The van der Waals surface area contributed by atoms with Crippen molar-refractivity contribution in [3.63, 3.8) is 0 Å². The maximum absolute atomic E-state index is 10.9. The fourth-order valence-corrected chi connectivity index (χ4v) is 0.806. The Kier molecular flexibility index (Phi) is 2.42. The monoisotopic (exact) mass is 179 g/mol. The van der Waals surface area contributed by atoms with Gasteiger partial charge in [-0.1, -0.05) is 6.07 Å². The Morgan fingerprint density at radius 1 is 1.38 bits per heavy atom. The van der Waals surface area contributed by atoms with E-state index in [2.05, 4.69) is 4.99 Å². The second-order valence-corrected chi connectivity index (χ2v) is 2.18.